The number of anilines is 3. The molecule has 0 aliphatic carbocycles. The van der Waals surface area contributed by atoms with E-state index in [0.717, 1.165) is 24.3 Å². The number of para-hydroxylation sites is 2. The number of phenols is 1. The Morgan fingerprint density at radius 2 is 1.37 bits per heavy atom. The van der Waals surface area contributed by atoms with Crippen LogP contribution in [0.4, 0.5) is 17.1 Å². The number of rotatable bonds is 4. The SMILES string of the molecule is CCN(CC)c1ccc(C2c3ccccc3N(C)c3ccccc32)c(O)c1. The van der Waals surface area contributed by atoms with E-state index in [-0.39, 0.29) is 5.92 Å². The maximum Gasteiger partial charge on any atom is 0.121 e. The molecular weight excluding hydrogens is 332 g/mol. The predicted octanol–water partition coefficient (Wildman–Crippen LogP) is 5.50. The minimum Gasteiger partial charge on any atom is -0.508 e. The maximum absolute atomic E-state index is 11.0. The third-order valence-corrected chi connectivity index (χ3v) is 5.67. The van der Waals surface area contributed by atoms with Crippen LogP contribution in [-0.2, 0) is 0 Å². The van der Waals surface area contributed by atoms with Gasteiger partial charge in [-0.15, -0.1) is 0 Å². The molecule has 0 bridgehead atoms. The largest absolute Gasteiger partial charge is 0.508 e. The van der Waals surface area contributed by atoms with Gasteiger partial charge in [-0.2, -0.15) is 0 Å². The monoisotopic (exact) mass is 358 g/mol. The van der Waals surface area contributed by atoms with Crippen LogP contribution < -0.4 is 9.80 Å². The second kappa shape index (κ2) is 6.99. The Kier molecular flexibility index (Phi) is 4.53. The Balaban J connectivity index is 1.88. The molecule has 1 heterocycles. The third-order valence-electron chi connectivity index (χ3n) is 5.67. The first kappa shape index (κ1) is 17.5. The summed E-state index contributed by atoms with van der Waals surface area (Å²) in [4.78, 5) is 4.49. The molecule has 0 aromatic heterocycles. The lowest BCUT2D eigenvalue weighted by molar-refractivity contribution is 0.467. The predicted molar refractivity (Wildman–Crippen MR) is 114 cm³/mol. The van der Waals surface area contributed by atoms with Crippen LogP contribution in [0, 0.1) is 0 Å². The van der Waals surface area contributed by atoms with Gasteiger partial charge < -0.3 is 14.9 Å². The second-order valence-corrected chi connectivity index (χ2v) is 7.03. The molecule has 0 unspecified atom stereocenters. The number of nitrogens with zero attached hydrogens (tertiary/aromatic N) is 2. The lowest BCUT2D eigenvalue weighted by Gasteiger charge is -2.36. The number of phenolic OH excluding ortho intramolecular Hbond substituents is 1. The van der Waals surface area contributed by atoms with Crippen LogP contribution in [0.25, 0.3) is 0 Å². The minimum absolute atomic E-state index is 0.0272. The molecule has 3 heteroatoms. The van der Waals surface area contributed by atoms with E-state index in [2.05, 4.69) is 91.4 Å². The van der Waals surface area contributed by atoms with Crippen molar-refractivity contribution in [3.63, 3.8) is 0 Å². The van der Waals surface area contributed by atoms with E-state index in [0.29, 0.717) is 5.75 Å². The summed E-state index contributed by atoms with van der Waals surface area (Å²) in [6, 6.07) is 23.1. The molecule has 3 nitrogen and oxygen atoms in total. The standard InChI is InChI=1S/C24H26N2O/c1-4-26(5-2)17-14-15-20(23(27)16-17)24-18-10-6-8-12-21(18)25(3)22-13-9-7-11-19(22)24/h6-16,24,27H,4-5H2,1-3H3. The molecule has 0 saturated carbocycles. The Morgan fingerprint density at radius 1 is 0.815 bits per heavy atom. The third kappa shape index (κ3) is 2.84. The highest BCUT2D eigenvalue weighted by atomic mass is 16.3. The van der Waals surface area contributed by atoms with Crippen molar-refractivity contribution in [2.45, 2.75) is 19.8 Å². The van der Waals surface area contributed by atoms with E-state index in [1.807, 2.05) is 6.07 Å². The number of benzene rings is 3. The first-order chi connectivity index (χ1) is 13.2. The van der Waals surface area contributed by atoms with Crippen molar-refractivity contribution in [3.8, 4) is 5.75 Å². The molecule has 0 fully saturated rings. The lowest BCUT2D eigenvalue weighted by atomic mass is 9.80. The van der Waals surface area contributed by atoms with Crippen molar-refractivity contribution in [1.82, 2.24) is 0 Å². The van der Waals surface area contributed by atoms with E-state index in [1.165, 1.54) is 22.5 Å². The van der Waals surface area contributed by atoms with Gasteiger partial charge in [-0.3, -0.25) is 0 Å². The summed E-state index contributed by atoms with van der Waals surface area (Å²) >= 11 is 0. The van der Waals surface area contributed by atoms with Gasteiger partial charge in [-0.25, -0.2) is 0 Å². The summed E-state index contributed by atoms with van der Waals surface area (Å²) in [5, 5.41) is 11.0. The molecule has 1 aliphatic rings. The zero-order valence-electron chi connectivity index (χ0n) is 16.2. The van der Waals surface area contributed by atoms with Gasteiger partial charge in [0.15, 0.2) is 0 Å². The highest BCUT2D eigenvalue weighted by molar-refractivity contribution is 5.78. The molecule has 1 N–H and O–H groups in total. The topological polar surface area (TPSA) is 26.7 Å². The highest BCUT2D eigenvalue weighted by Crippen LogP contribution is 2.49. The van der Waals surface area contributed by atoms with Gasteiger partial charge in [0, 0.05) is 54.7 Å². The summed E-state index contributed by atoms with van der Waals surface area (Å²) < 4.78 is 0. The van der Waals surface area contributed by atoms with Crippen LogP contribution in [0.15, 0.2) is 66.7 Å². The zero-order valence-corrected chi connectivity index (χ0v) is 16.2. The van der Waals surface area contributed by atoms with E-state index < -0.39 is 0 Å². The van der Waals surface area contributed by atoms with E-state index in [1.54, 1.807) is 0 Å². The van der Waals surface area contributed by atoms with Gasteiger partial charge in [-0.1, -0.05) is 42.5 Å². The molecule has 3 aromatic carbocycles. The highest BCUT2D eigenvalue weighted by Gasteiger charge is 2.31. The van der Waals surface area contributed by atoms with Crippen LogP contribution in [0.2, 0.25) is 0 Å². The molecule has 0 amide bonds. The lowest BCUT2D eigenvalue weighted by Crippen LogP contribution is -2.23. The Bertz CT molecular complexity index is 915. The van der Waals surface area contributed by atoms with Crippen LogP contribution >= 0.6 is 0 Å². The van der Waals surface area contributed by atoms with Crippen molar-refractivity contribution in [2.24, 2.45) is 0 Å². The molecule has 138 valence electrons. The van der Waals surface area contributed by atoms with Gasteiger partial charge in [-0.05, 0) is 43.2 Å². The Morgan fingerprint density at radius 3 is 1.89 bits per heavy atom. The van der Waals surface area contributed by atoms with Gasteiger partial charge >= 0.3 is 0 Å². The first-order valence-corrected chi connectivity index (χ1v) is 9.65. The quantitative estimate of drug-likeness (QED) is 0.667. The molecule has 0 saturated heterocycles. The van der Waals surface area contributed by atoms with E-state index in [4.69, 9.17) is 0 Å². The fourth-order valence-electron chi connectivity index (χ4n) is 4.27. The van der Waals surface area contributed by atoms with Gasteiger partial charge in [0.25, 0.3) is 0 Å². The molecule has 0 spiro atoms. The second-order valence-electron chi connectivity index (χ2n) is 7.03. The molecule has 3 aromatic rings. The van der Waals surface area contributed by atoms with Crippen molar-refractivity contribution >= 4 is 17.1 Å². The van der Waals surface area contributed by atoms with Crippen LogP contribution in [-0.4, -0.2) is 25.2 Å². The van der Waals surface area contributed by atoms with Crippen LogP contribution in [0.5, 0.6) is 5.75 Å². The average molecular weight is 358 g/mol. The summed E-state index contributed by atoms with van der Waals surface area (Å²) in [5.41, 5.74) is 6.85. The maximum atomic E-state index is 11.0. The van der Waals surface area contributed by atoms with Crippen molar-refractivity contribution in [2.75, 3.05) is 29.9 Å². The molecule has 1 aliphatic heterocycles. The van der Waals surface area contributed by atoms with Crippen LogP contribution in [0.3, 0.4) is 0 Å². The number of aromatic hydroxyl groups is 1. The molecular formula is C24H26N2O. The summed E-state index contributed by atoms with van der Waals surface area (Å²) in [5.74, 6) is 0.387. The number of hydrogen-bond acceptors (Lipinski definition) is 3. The van der Waals surface area contributed by atoms with E-state index >= 15 is 0 Å². The van der Waals surface area contributed by atoms with Gasteiger partial charge in [0.05, 0.1) is 0 Å². The zero-order chi connectivity index (χ0) is 19.0. The molecule has 4 rings (SSSR count). The first-order valence-electron chi connectivity index (χ1n) is 9.65. The number of fused-ring (bicyclic) bond motifs is 2. The van der Waals surface area contributed by atoms with Gasteiger partial charge in [0.1, 0.15) is 5.75 Å². The van der Waals surface area contributed by atoms with Crippen molar-refractivity contribution < 1.29 is 5.11 Å². The summed E-state index contributed by atoms with van der Waals surface area (Å²) in [6.07, 6.45) is 0. The van der Waals surface area contributed by atoms with Crippen molar-refractivity contribution in [1.29, 1.82) is 0 Å². The Hall–Kier alpha value is -2.94. The normalized spacial score (nSPS) is 13.2. The Labute approximate surface area is 161 Å². The van der Waals surface area contributed by atoms with Gasteiger partial charge in [0.2, 0.25) is 0 Å². The van der Waals surface area contributed by atoms with Crippen molar-refractivity contribution in [3.05, 3.63) is 83.4 Å². The number of hydrogen-bond donors (Lipinski definition) is 1. The fraction of sp³-hybridized carbons (Fsp3) is 0.250. The van der Waals surface area contributed by atoms with E-state index in [9.17, 15) is 5.11 Å². The van der Waals surface area contributed by atoms with Crippen LogP contribution in [0.1, 0.15) is 36.5 Å². The molecule has 27 heavy (non-hydrogen) atoms. The molecule has 0 atom stereocenters. The minimum atomic E-state index is 0.0272. The summed E-state index contributed by atoms with van der Waals surface area (Å²) in [6.45, 7) is 6.13. The summed E-state index contributed by atoms with van der Waals surface area (Å²) in [7, 11) is 2.11. The smallest absolute Gasteiger partial charge is 0.121 e. The average Bonchev–Trinajstić information content (AvgIpc) is 2.70. The molecule has 0 radical (unpaired) electrons. The fourth-order valence-corrected chi connectivity index (χ4v) is 4.27.